The van der Waals surface area contributed by atoms with Crippen LogP contribution in [0.4, 0.5) is 0 Å². The Morgan fingerprint density at radius 3 is 2.76 bits per heavy atom. The van der Waals surface area contributed by atoms with Crippen LogP contribution in [0.3, 0.4) is 0 Å². The zero-order valence-corrected chi connectivity index (χ0v) is 16.7. The van der Waals surface area contributed by atoms with Gasteiger partial charge in [-0.3, -0.25) is 4.79 Å². The summed E-state index contributed by atoms with van der Waals surface area (Å²) >= 11 is 0. The fraction of sp³-hybridized carbons (Fsp3) is 0.273. The van der Waals surface area contributed by atoms with Crippen LogP contribution in [0, 0.1) is 5.92 Å². The molecule has 0 aromatic carbocycles. The van der Waals surface area contributed by atoms with E-state index in [9.17, 15) is 4.79 Å². The highest BCUT2D eigenvalue weighted by molar-refractivity contribution is 5.69. The maximum absolute atomic E-state index is 12.5. The lowest BCUT2D eigenvalue weighted by Gasteiger charge is -2.09. The van der Waals surface area contributed by atoms with E-state index in [2.05, 4.69) is 23.8 Å². The van der Waals surface area contributed by atoms with Gasteiger partial charge in [-0.15, -0.1) is 0 Å². The Balaban J connectivity index is 1.75. The van der Waals surface area contributed by atoms with Gasteiger partial charge in [0.15, 0.2) is 5.65 Å². The quantitative estimate of drug-likeness (QED) is 0.503. The molecule has 0 atom stereocenters. The van der Waals surface area contributed by atoms with Crippen LogP contribution >= 0.6 is 0 Å². The van der Waals surface area contributed by atoms with Gasteiger partial charge in [-0.2, -0.15) is 5.10 Å². The average molecular weight is 389 g/mol. The summed E-state index contributed by atoms with van der Waals surface area (Å²) in [5, 5.41) is 4.72. The Morgan fingerprint density at radius 1 is 1.14 bits per heavy atom. The number of fused-ring (bicyclic) bond motifs is 1. The summed E-state index contributed by atoms with van der Waals surface area (Å²) in [6.45, 7) is 5.02. The molecule has 0 radical (unpaired) electrons. The van der Waals surface area contributed by atoms with Crippen LogP contribution in [0.15, 0.2) is 59.8 Å². The molecule has 0 saturated heterocycles. The van der Waals surface area contributed by atoms with Crippen molar-refractivity contribution in [3.05, 3.63) is 65.3 Å². The molecule has 0 saturated carbocycles. The minimum Gasteiger partial charge on any atom is -0.481 e. The SMILES string of the molecule is COc1ncccc1-c1cnc2ccc(-c3ccn(CCC(C)C)c(=O)c3)nn12. The first-order valence-corrected chi connectivity index (χ1v) is 9.62. The molecule has 0 aliphatic rings. The number of imidazole rings is 1. The number of nitrogens with zero attached hydrogens (tertiary/aromatic N) is 5. The number of hydrogen-bond donors (Lipinski definition) is 0. The smallest absolute Gasteiger partial charge is 0.251 e. The Hall–Kier alpha value is -3.48. The Morgan fingerprint density at radius 2 is 2.00 bits per heavy atom. The van der Waals surface area contributed by atoms with E-state index in [1.807, 2.05) is 36.5 Å². The van der Waals surface area contributed by atoms with Crippen molar-refractivity contribution in [1.29, 1.82) is 0 Å². The van der Waals surface area contributed by atoms with Crippen molar-refractivity contribution < 1.29 is 4.74 Å². The predicted octanol–water partition coefficient (Wildman–Crippen LogP) is 3.67. The third-order valence-corrected chi connectivity index (χ3v) is 4.84. The minimum atomic E-state index is -0.0233. The van der Waals surface area contributed by atoms with Gasteiger partial charge in [-0.1, -0.05) is 13.8 Å². The predicted molar refractivity (Wildman–Crippen MR) is 112 cm³/mol. The lowest BCUT2D eigenvalue weighted by molar-refractivity contribution is 0.399. The first-order valence-electron chi connectivity index (χ1n) is 9.62. The van der Waals surface area contributed by atoms with E-state index in [1.54, 1.807) is 34.7 Å². The Kier molecular flexibility index (Phi) is 5.12. The summed E-state index contributed by atoms with van der Waals surface area (Å²) < 4.78 is 8.87. The molecule has 0 spiro atoms. The molecule has 4 rings (SSSR count). The van der Waals surface area contributed by atoms with E-state index >= 15 is 0 Å². The second-order valence-electron chi connectivity index (χ2n) is 7.32. The van der Waals surface area contributed by atoms with E-state index in [0.29, 0.717) is 23.1 Å². The summed E-state index contributed by atoms with van der Waals surface area (Å²) in [7, 11) is 1.59. The van der Waals surface area contributed by atoms with Gasteiger partial charge in [-0.25, -0.2) is 14.5 Å². The molecule has 29 heavy (non-hydrogen) atoms. The molecule has 0 unspecified atom stereocenters. The fourth-order valence-corrected chi connectivity index (χ4v) is 3.21. The van der Waals surface area contributed by atoms with Gasteiger partial charge in [0, 0.05) is 30.6 Å². The second-order valence-corrected chi connectivity index (χ2v) is 7.32. The van der Waals surface area contributed by atoms with Gasteiger partial charge in [0.05, 0.1) is 30.3 Å². The normalized spacial score (nSPS) is 11.3. The Labute approximate surface area is 168 Å². The van der Waals surface area contributed by atoms with Gasteiger partial charge >= 0.3 is 0 Å². The number of methoxy groups -OCH3 is 1. The number of ether oxygens (including phenoxy) is 1. The highest BCUT2D eigenvalue weighted by Crippen LogP contribution is 2.28. The monoisotopic (exact) mass is 389 g/mol. The molecule has 0 fully saturated rings. The molecule has 7 heteroatoms. The lowest BCUT2D eigenvalue weighted by atomic mass is 10.1. The summed E-state index contributed by atoms with van der Waals surface area (Å²) in [6.07, 6.45) is 6.23. The number of hydrogen-bond acceptors (Lipinski definition) is 5. The number of aromatic nitrogens is 5. The van der Waals surface area contributed by atoms with Crippen LogP contribution in [-0.2, 0) is 6.54 Å². The standard InChI is InChI=1S/C22H23N5O2/c1-15(2)8-11-26-12-9-16(13-21(26)28)18-6-7-20-24-14-19(27(20)25-18)17-5-4-10-23-22(17)29-3/h4-7,9-10,12-15H,8,11H2,1-3H3. The third kappa shape index (κ3) is 3.76. The number of rotatable bonds is 6. The van der Waals surface area contributed by atoms with Crippen molar-refractivity contribution in [3.8, 4) is 28.4 Å². The summed E-state index contributed by atoms with van der Waals surface area (Å²) in [4.78, 5) is 21.2. The summed E-state index contributed by atoms with van der Waals surface area (Å²) in [5.41, 5.74) is 3.74. The maximum atomic E-state index is 12.5. The topological polar surface area (TPSA) is 74.3 Å². The lowest BCUT2D eigenvalue weighted by Crippen LogP contribution is -2.19. The van der Waals surface area contributed by atoms with Crippen molar-refractivity contribution in [2.24, 2.45) is 5.92 Å². The van der Waals surface area contributed by atoms with Crippen molar-refractivity contribution in [2.45, 2.75) is 26.8 Å². The molecule has 0 amide bonds. The van der Waals surface area contributed by atoms with E-state index in [4.69, 9.17) is 9.84 Å². The number of aryl methyl sites for hydroxylation is 1. The first-order chi connectivity index (χ1) is 14.1. The highest BCUT2D eigenvalue weighted by Gasteiger charge is 2.14. The molecule has 0 bridgehead atoms. The van der Waals surface area contributed by atoms with E-state index in [0.717, 1.165) is 29.8 Å². The second kappa shape index (κ2) is 7.87. The van der Waals surface area contributed by atoms with Gasteiger partial charge in [0.2, 0.25) is 5.88 Å². The first kappa shape index (κ1) is 18.9. The van der Waals surface area contributed by atoms with Gasteiger partial charge in [0.1, 0.15) is 0 Å². The summed E-state index contributed by atoms with van der Waals surface area (Å²) in [6, 6.07) is 11.1. The van der Waals surface area contributed by atoms with Crippen LogP contribution in [0.25, 0.3) is 28.2 Å². The van der Waals surface area contributed by atoms with Crippen LogP contribution < -0.4 is 10.3 Å². The highest BCUT2D eigenvalue weighted by atomic mass is 16.5. The molecule has 0 aliphatic heterocycles. The van der Waals surface area contributed by atoms with E-state index < -0.39 is 0 Å². The zero-order valence-electron chi connectivity index (χ0n) is 16.7. The largest absolute Gasteiger partial charge is 0.481 e. The van der Waals surface area contributed by atoms with Crippen molar-refractivity contribution in [2.75, 3.05) is 7.11 Å². The van der Waals surface area contributed by atoms with Gasteiger partial charge < -0.3 is 9.30 Å². The number of pyridine rings is 2. The maximum Gasteiger partial charge on any atom is 0.251 e. The van der Waals surface area contributed by atoms with Crippen LogP contribution in [0.5, 0.6) is 5.88 Å². The van der Waals surface area contributed by atoms with Gasteiger partial charge in [0.25, 0.3) is 5.56 Å². The van der Waals surface area contributed by atoms with Crippen molar-refractivity contribution >= 4 is 5.65 Å². The molecule has 0 aliphatic carbocycles. The Bertz CT molecular complexity index is 1210. The molecule has 4 aromatic heterocycles. The molecule has 148 valence electrons. The molecule has 4 aromatic rings. The third-order valence-electron chi connectivity index (χ3n) is 4.84. The van der Waals surface area contributed by atoms with Crippen LogP contribution in [0.2, 0.25) is 0 Å². The van der Waals surface area contributed by atoms with Crippen LogP contribution in [0.1, 0.15) is 20.3 Å². The fourth-order valence-electron chi connectivity index (χ4n) is 3.21. The van der Waals surface area contributed by atoms with E-state index in [1.165, 1.54) is 0 Å². The average Bonchev–Trinajstić information content (AvgIpc) is 3.15. The molecule has 7 nitrogen and oxygen atoms in total. The van der Waals surface area contributed by atoms with Crippen molar-refractivity contribution in [3.63, 3.8) is 0 Å². The van der Waals surface area contributed by atoms with Crippen molar-refractivity contribution in [1.82, 2.24) is 24.1 Å². The molecule has 4 heterocycles. The van der Waals surface area contributed by atoms with E-state index in [-0.39, 0.29) is 5.56 Å². The molecular weight excluding hydrogens is 366 g/mol. The summed E-state index contributed by atoms with van der Waals surface area (Å²) in [5.74, 6) is 1.06. The molecule has 0 N–H and O–H groups in total. The minimum absolute atomic E-state index is 0.0233. The van der Waals surface area contributed by atoms with Gasteiger partial charge in [-0.05, 0) is 42.7 Å². The zero-order chi connectivity index (χ0) is 20.4. The molecular formula is C22H23N5O2. The van der Waals surface area contributed by atoms with Crippen LogP contribution in [-0.4, -0.2) is 31.3 Å².